The molecule has 4 heteroatoms. The maximum Gasteiger partial charge on any atom is 0.317 e. The number of rotatable bonds is 5. The minimum atomic E-state index is -0.741. The molecular weight excluding hydrogens is 264 g/mol. The summed E-state index contributed by atoms with van der Waals surface area (Å²) in [6.45, 7) is 7.52. The normalized spacial score (nSPS) is 17.3. The van der Waals surface area contributed by atoms with Gasteiger partial charge in [0, 0.05) is 12.6 Å². The Bertz CT molecular complexity index is 494. The van der Waals surface area contributed by atoms with E-state index in [1.165, 1.54) is 16.7 Å². The van der Waals surface area contributed by atoms with Crippen molar-refractivity contribution in [2.45, 2.75) is 39.3 Å². The lowest BCUT2D eigenvalue weighted by Crippen LogP contribution is -2.44. The largest absolute Gasteiger partial charge is 0.480 e. The third-order valence-corrected chi connectivity index (χ3v) is 4.54. The zero-order chi connectivity index (χ0) is 15.4. The first-order valence-electron chi connectivity index (χ1n) is 7.66. The van der Waals surface area contributed by atoms with Gasteiger partial charge in [-0.25, -0.2) is 0 Å². The number of hydrogen-bond donors (Lipinski definition) is 1. The van der Waals surface area contributed by atoms with E-state index < -0.39 is 5.97 Å². The zero-order valence-electron chi connectivity index (χ0n) is 13.3. The van der Waals surface area contributed by atoms with Crippen LogP contribution in [0.4, 0.5) is 0 Å². The molecule has 0 spiro atoms. The van der Waals surface area contributed by atoms with Crippen molar-refractivity contribution in [3.63, 3.8) is 0 Å². The number of likely N-dealkylation sites (tertiary alicyclic amines) is 1. The first-order chi connectivity index (χ1) is 9.95. The first kappa shape index (κ1) is 16.0. The third-order valence-electron chi connectivity index (χ3n) is 4.54. The van der Waals surface area contributed by atoms with Crippen molar-refractivity contribution in [1.82, 2.24) is 9.80 Å². The average Bonchev–Trinajstić information content (AvgIpc) is 2.43. The van der Waals surface area contributed by atoms with E-state index in [0.717, 1.165) is 32.5 Å². The van der Waals surface area contributed by atoms with Crippen LogP contribution in [0.5, 0.6) is 0 Å². The Morgan fingerprint density at radius 3 is 2.52 bits per heavy atom. The number of piperidine rings is 1. The lowest BCUT2D eigenvalue weighted by molar-refractivity contribution is -0.138. The number of likely N-dealkylation sites (N-methyl/N-ethyl adjacent to an activating group) is 1. The quantitative estimate of drug-likeness (QED) is 0.903. The van der Waals surface area contributed by atoms with Crippen LogP contribution in [-0.4, -0.2) is 53.6 Å². The van der Waals surface area contributed by atoms with Crippen LogP contribution >= 0.6 is 0 Å². The monoisotopic (exact) mass is 290 g/mol. The third kappa shape index (κ3) is 4.55. The molecule has 0 atom stereocenters. The van der Waals surface area contributed by atoms with Gasteiger partial charge in [0.1, 0.15) is 0 Å². The van der Waals surface area contributed by atoms with Crippen molar-refractivity contribution in [3.8, 4) is 0 Å². The van der Waals surface area contributed by atoms with Crippen LogP contribution in [-0.2, 0) is 11.3 Å². The SMILES string of the molecule is Cc1ccc(CN2CCC(N(C)CC(=O)O)CC2)cc1C. The van der Waals surface area contributed by atoms with Gasteiger partial charge < -0.3 is 5.11 Å². The van der Waals surface area contributed by atoms with Crippen LogP contribution in [0.3, 0.4) is 0 Å². The molecule has 0 saturated carbocycles. The topological polar surface area (TPSA) is 43.8 Å². The van der Waals surface area contributed by atoms with E-state index in [2.05, 4.69) is 36.9 Å². The summed E-state index contributed by atoms with van der Waals surface area (Å²) >= 11 is 0. The van der Waals surface area contributed by atoms with Gasteiger partial charge >= 0.3 is 5.97 Å². The minimum Gasteiger partial charge on any atom is -0.480 e. The van der Waals surface area contributed by atoms with E-state index in [-0.39, 0.29) is 6.54 Å². The van der Waals surface area contributed by atoms with Gasteiger partial charge in [0.05, 0.1) is 6.54 Å². The fourth-order valence-corrected chi connectivity index (χ4v) is 3.02. The number of aryl methyl sites for hydroxylation is 2. The van der Waals surface area contributed by atoms with Gasteiger partial charge in [0.15, 0.2) is 0 Å². The fourth-order valence-electron chi connectivity index (χ4n) is 3.02. The van der Waals surface area contributed by atoms with Gasteiger partial charge in [-0.3, -0.25) is 14.6 Å². The zero-order valence-corrected chi connectivity index (χ0v) is 13.3. The van der Waals surface area contributed by atoms with Crippen LogP contribution in [0.2, 0.25) is 0 Å². The molecule has 0 amide bonds. The number of carboxylic acid groups (broad SMARTS) is 1. The maximum atomic E-state index is 10.8. The minimum absolute atomic E-state index is 0.141. The van der Waals surface area contributed by atoms with Crippen molar-refractivity contribution < 1.29 is 9.90 Å². The highest BCUT2D eigenvalue weighted by Gasteiger charge is 2.23. The molecule has 2 rings (SSSR count). The Hall–Kier alpha value is -1.39. The molecule has 1 fully saturated rings. The Morgan fingerprint density at radius 1 is 1.29 bits per heavy atom. The summed E-state index contributed by atoms with van der Waals surface area (Å²) in [4.78, 5) is 15.2. The highest BCUT2D eigenvalue weighted by molar-refractivity contribution is 5.69. The smallest absolute Gasteiger partial charge is 0.317 e. The van der Waals surface area contributed by atoms with E-state index in [0.29, 0.717) is 6.04 Å². The summed E-state index contributed by atoms with van der Waals surface area (Å²) in [7, 11) is 1.91. The lowest BCUT2D eigenvalue weighted by Gasteiger charge is -2.36. The molecule has 1 aliphatic heterocycles. The van der Waals surface area contributed by atoms with Crippen LogP contribution < -0.4 is 0 Å². The highest BCUT2D eigenvalue weighted by atomic mass is 16.4. The molecule has 1 aromatic carbocycles. The van der Waals surface area contributed by atoms with E-state index in [4.69, 9.17) is 5.11 Å². The van der Waals surface area contributed by atoms with Crippen LogP contribution in [0.25, 0.3) is 0 Å². The van der Waals surface area contributed by atoms with Gasteiger partial charge in [-0.15, -0.1) is 0 Å². The van der Waals surface area contributed by atoms with Gasteiger partial charge in [-0.2, -0.15) is 0 Å². The Kier molecular flexibility index (Phi) is 5.37. The molecule has 0 aromatic heterocycles. The summed E-state index contributed by atoms with van der Waals surface area (Å²) < 4.78 is 0. The molecule has 21 heavy (non-hydrogen) atoms. The van der Waals surface area contributed by atoms with Crippen molar-refractivity contribution >= 4 is 5.97 Å². The van der Waals surface area contributed by atoms with E-state index in [1.807, 2.05) is 11.9 Å². The first-order valence-corrected chi connectivity index (χ1v) is 7.66. The van der Waals surface area contributed by atoms with Crippen molar-refractivity contribution in [2.24, 2.45) is 0 Å². The predicted octanol–water partition coefficient (Wildman–Crippen LogP) is 2.28. The van der Waals surface area contributed by atoms with E-state index in [1.54, 1.807) is 0 Å². The summed E-state index contributed by atoms with van der Waals surface area (Å²) in [5, 5.41) is 8.86. The maximum absolute atomic E-state index is 10.8. The number of aliphatic carboxylic acids is 1. The average molecular weight is 290 g/mol. The summed E-state index contributed by atoms with van der Waals surface area (Å²) in [5.74, 6) is -0.741. The molecule has 0 aliphatic carbocycles. The summed E-state index contributed by atoms with van der Waals surface area (Å²) in [5.41, 5.74) is 4.06. The van der Waals surface area contributed by atoms with Crippen LogP contribution in [0.1, 0.15) is 29.5 Å². The second-order valence-electron chi connectivity index (χ2n) is 6.23. The number of carbonyl (C=O) groups is 1. The standard InChI is InChI=1S/C17H26N2O2/c1-13-4-5-15(10-14(13)2)11-19-8-6-16(7-9-19)18(3)12-17(20)21/h4-5,10,16H,6-9,11-12H2,1-3H3,(H,20,21). The molecule has 116 valence electrons. The molecule has 1 N–H and O–H groups in total. The second-order valence-corrected chi connectivity index (χ2v) is 6.23. The number of nitrogens with zero attached hydrogens (tertiary/aromatic N) is 2. The molecule has 0 bridgehead atoms. The van der Waals surface area contributed by atoms with E-state index in [9.17, 15) is 4.79 Å². The van der Waals surface area contributed by atoms with Gasteiger partial charge in [-0.1, -0.05) is 18.2 Å². The fraction of sp³-hybridized carbons (Fsp3) is 0.588. The molecule has 0 radical (unpaired) electrons. The second kappa shape index (κ2) is 7.05. The number of carboxylic acids is 1. The molecule has 1 aromatic rings. The molecule has 1 heterocycles. The molecule has 4 nitrogen and oxygen atoms in total. The number of benzene rings is 1. The number of hydrogen-bond acceptors (Lipinski definition) is 3. The lowest BCUT2D eigenvalue weighted by atomic mass is 10.0. The van der Waals surface area contributed by atoms with Crippen molar-refractivity contribution in [3.05, 3.63) is 34.9 Å². The van der Waals surface area contributed by atoms with Gasteiger partial charge in [-0.05, 0) is 63.5 Å². The Labute approximate surface area is 127 Å². The van der Waals surface area contributed by atoms with Crippen LogP contribution in [0.15, 0.2) is 18.2 Å². The van der Waals surface area contributed by atoms with Crippen molar-refractivity contribution in [2.75, 3.05) is 26.7 Å². The molecule has 0 unspecified atom stereocenters. The molecule has 1 aliphatic rings. The van der Waals surface area contributed by atoms with Crippen molar-refractivity contribution in [1.29, 1.82) is 0 Å². The van der Waals surface area contributed by atoms with Gasteiger partial charge in [0.2, 0.25) is 0 Å². The summed E-state index contributed by atoms with van der Waals surface area (Å²) in [6, 6.07) is 7.08. The molecular formula is C17H26N2O2. The predicted molar refractivity (Wildman–Crippen MR) is 84.5 cm³/mol. The summed E-state index contributed by atoms with van der Waals surface area (Å²) in [6.07, 6.45) is 2.10. The van der Waals surface area contributed by atoms with Gasteiger partial charge in [0.25, 0.3) is 0 Å². The van der Waals surface area contributed by atoms with E-state index >= 15 is 0 Å². The highest BCUT2D eigenvalue weighted by Crippen LogP contribution is 2.18. The Morgan fingerprint density at radius 2 is 1.95 bits per heavy atom. The van der Waals surface area contributed by atoms with Crippen LogP contribution in [0, 0.1) is 13.8 Å². The molecule has 1 saturated heterocycles. The Balaban J connectivity index is 1.83.